The third-order valence-electron chi connectivity index (χ3n) is 2.20. The molecule has 18 heavy (non-hydrogen) atoms. The van der Waals surface area contributed by atoms with Gasteiger partial charge < -0.3 is 10.6 Å². The van der Waals surface area contributed by atoms with Gasteiger partial charge >= 0.3 is 0 Å². The zero-order chi connectivity index (χ0) is 13.5. The average molecular weight is 266 g/mol. The largest absolute Gasteiger partial charge is 0.354 e. The van der Waals surface area contributed by atoms with Crippen molar-refractivity contribution >= 4 is 24.4 Å². The Morgan fingerprint density at radius 2 is 2.06 bits per heavy atom. The quantitative estimate of drug-likeness (QED) is 0.709. The van der Waals surface area contributed by atoms with Gasteiger partial charge in [-0.05, 0) is 32.0 Å². The molecule has 0 aliphatic heterocycles. The van der Waals surface area contributed by atoms with Crippen molar-refractivity contribution in [3.63, 3.8) is 0 Å². The molecule has 0 atom stereocenters. The van der Waals surface area contributed by atoms with E-state index in [1.54, 1.807) is 24.3 Å². The Balaban J connectivity index is 2.36. The summed E-state index contributed by atoms with van der Waals surface area (Å²) in [5.74, 6) is -0.253. The zero-order valence-corrected chi connectivity index (χ0v) is 11.5. The summed E-state index contributed by atoms with van der Waals surface area (Å²) >= 11 is 4.17. The van der Waals surface area contributed by atoms with Gasteiger partial charge in [-0.2, -0.15) is 0 Å². The molecule has 1 aromatic rings. The highest BCUT2D eigenvalue weighted by molar-refractivity contribution is 7.80. The minimum absolute atomic E-state index is 0.0618. The van der Waals surface area contributed by atoms with Crippen LogP contribution in [0.2, 0.25) is 0 Å². The molecule has 1 rings (SSSR count). The van der Waals surface area contributed by atoms with Gasteiger partial charge in [0.15, 0.2) is 0 Å². The van der Waals surface area contributed by atoms with Gasteiger partial charge in [-0.25, -0.2) is 0 Å². The number of carbonyl (C=O) groups excluding carboxylic acids is 2. The number of benzene rings is 1. The van der Waals surface area contributed by atoms with Crippen LogP contribution >= 0.6 is 12.6 Å². The van der Waals surface area contributed by atoms with Crippen molar-refractivity contribution < 1.29 is 9.59 Å². The van der Waals surface area contributed by atoms with Gasteiger partial charge in [-0.3, -0.25) is 9.59 Å². The first-order valence-corrected chi connectivity index (χ1v) is 6.30. The highest BCUT2D eigenvalue weighted by atomic mass is 32.1. The summed E-state index contributed by atoms with van der Waals surface area (Å²) in [7, 11) is 0. The number of hydrogen-bond acceptors (Lipinski definition) is 3. The van der Waals surface area contributed by atoms with Gasteiger partial charge in [0.05, 0.1) is 0 Å². The van der Waals surface area contributed by atoms with E-state index in [0.29, 0.717) is 12.1 Å². The van der Waals surface area contributed by atoms with Crippen molar-refractivity contribution in [2.24, 2.45) is 0 Å². The monoisotopic (exact) mass is 266 g/mol. The molecule has 0 aromatic heterocycles. The van der Waals surface area contributed by atoms with Crippen LogP contribution in [-0.4, -0.2) is 24.4 Å². The topological polar surface area (TPSA) is 58.2 Å². The van der Waals surface area contributed by atoms with E-state index in [9.17, 15) is 9.59 Å². The van der Waals surface area contributed by atoms with Gasteiger partial charge in [-0.15, -0.1) is 12.6 Å². The predicted molar refractivity (Wildman–Crippen MR) is 73.9 cm³/mol. The van der Waals surface area contributed by atoms with Crippen LogP contribution in [0.5, 0.6) is 0 Å². The molecule has 0 unspecified atom stereocenters. The van der Waals surface area contributed by atoms with Crippen molar-refractivity contribution in [3.8, 4) is 0 Å². The smallest absolute Gasteiger partial charge is 0.251 e. The van der Waals surface area contributed by atoms with Crippen molar-refractivity contribution in [2.75, 3.05) is 6.54 Å². The Morgan fingerprint density at radius 3 is 2.67 bits per heavy atom. The molecule has 2 N–H and O–H groups in total. The summed E-state index contributed by atoms with van der Waals surface area (Å²) in [4.78, 5) is 23.8. The van der Waals surface area contributed by atoms with Gasteiger partial charge in [0.1, 0.15) is 0 Å². The molecule has 0 fully saturated rings. The Bertz CT molecular complexity index is 433. The lowest BCUT2D eigenvalue weighted by molar-refractivity contribution is -0.121. The van der Waals surface area contributed by atoms with Crippen LogP contribution in [0.4, 0.5) is 0 Å². The first-order valence-electron chi connectivity index (χ1n) is 5.85. The molecule has 0 radical (unpaired) electrons. The fourth-order valence-corrected chi connectivity index (χ4v) is 1.66. The Labute approximate surface area is 113 Å². The van der Waals surface area contributed by atoms with E-state index in [2.05, 4.69) is 23.3 Å². The van der Waals surface area contributed by atoms with Crippen molar-refractivity contribution in [1.82, 2.24) is 10.6 Å². The molecule has 1 aromatic carbocycles. The average Bonchev–Trinajstić information content (AvgIpc) is 2.27. The standard InChI is InChI=1S/C13H18N2O2S/c1-9(2)15-12(16)6-7-14-13(17)10-4-3-5-11(18)8-10/h3-5,8-9,18H,6-7H2,1-2H3,(H,14,17)(H,15,16). The molecule has 2 amide bonds. The lowest BCUT2D eigenvalue weighted by Gasteiger charge is -2.09. The number of rotatable bonds is 5. The second kappa shape index (κ2) is 7.06. The van der Waals surface area contributed by atoms with E-state index in [4.69, 9.17) is 0 Å². The van der Waals surface area contributed by atoms with Gasteiger partial charge in [0.2, 0.25) is 5.91 Å². The molecule has 0 saturated heterocycles. The Hall–Kier alpha value is -1.49. The second-order valence-corrected chi connectivity index (χ2v) is 4.79. The highest BCUT2D eigenvalue weighted by Crippen LogP contribution is 2.08. The molecular weight excluding hydrogens is 248 g/mol. The molecule has 0 aliphatic carbocycles. The molecule has 0 saturated carbocycles. The fourth-order valence-electron chi connectivity index (χ4n) is 1.43. The van der Waals surface area contributed by atoms with Crippen LogP contribution in [0.1, 0.15) is 30.6 Å². The van der Waals surface area contributed by atoms with E-state index < -0.39 is 0 Å². The van der Waals surface area contributed by atoms with Crippen LogP contribution in [0, 0.1) is 0 Å². The van der Waals surface area contributed by atoms with Crippen molar-refractivity contribution in [3.05, 3.63) is 29.8 Å². The summed E-state index contributed by atoms with van der Waals surface area (Å²) in [6, 6.07) is 7.09. The lowest BCUT2D eigenvalue weighted by atomic mass is 10.2. The van der Waals surface area contributed by atoms with E-state index in [0.717, 1.165) is 4.90 Å². The lowest BCUT2D eigenvalue weighted by Crippen LogP contribution is -2.34. The Kier molecular flexibility index (Phi) is 5.71. The van der Waals surface area contributed by atoms with E-state index in [1.165, 1.54) is 0 Å². The predicted octanol–water partition coefficient (Wildman–Crippen LogP) is 1.62. The maximum atomic E-state index is 11.7. The van der Waals surface area contributed by atoms with Crippen molar-refractivity contribution in [2.45, 2.75) is 31.2 Å². The number of amides is 2. The zero-order valence-electron chi connectivity index (χ0n) is 10.6. The number of thiol groups is 1. The first kappa shape index (κ1) is 14.6. The van der Waals surface area contributed by atoms with Crippen LogP contribution in [-0.2, 0) is 4.79 Å². The van der Waals surface area contributed by atoms with Crippen LogP contribution in [0.3, 0.4) is 0 Å². The molecular formula is C13H18N2O2S. The summed E-state index contributed by atoms with van der Waals surface area (Å²) in [5.41, 5.74) is 0.548. The third kappa shape index (κ3) is 5.23. The van der Waals surface area contributed by atoms with E-state index in [1.807, 2.05) is 13.8 Å². The normalized spacial score (nSPS) is 10.2. The maximum absolute atomic E-state index is 11.7. The number of hydrogen-bond donors (Lipinski definition) is 3. The van der Waals surface area contributed by atoms with Crippen LogP contribution in [0.15, 0.2) is 29.2 Å². The molecule has 0 aliphatic rings. The number of carbonyl (C=O) groups is 2. The van der Waals surface area contributed by atoms with E-state index in [-0.39, 0.29) is 24.3 Å². The summed E-state index contributed by atoms with van der Waals surface area (Å²) in [6.07, 6.45) is 0.282. The summed E-state index contributed by atoms with van der Waals surface area (Å²) < 4.78 is 0. The second-order valence-electron chi connectivity index (χ2n) is 4.28. The fraction of sp³-hybridized carbons (Fsp3) is 0.385. The molecule has 4 nitrogen and oxygen atoms in total. The minimum atomic E-state index is -0.191. The first-order chi connectivity index (χ1) is 8.49. The van der Waals surface area contributed by atoms with Crippen molar-refractivity contribution in [1.29, 1.82) is 0 Å². The Morgan fingerprint density at radius 1 is 1.33 bits per heavy atom. The maximum Gasteiger partial charge on any atom is 0.251 e. The minimum Gasteiger partial charge on any atom is -0.354 e. The van der Waals surface area contributed by atoms with Gasteiger partial charge in [0.25, 0.3) is 5.91 Å². The summed E-state index contributed by atoms with van der Waals surface area (Å²) in [5, 5.41) is 5.46. The number of nitrogens with one attached hydrogen (secondary N) is 2. The molecule has 0 heterocycles. The van der Waals surface area contributed by atoms with Crippen LogP contribution < -0.4 is 10.6 Å². The molecule has 0 bridgehead atoms. The molecule has 5 heteroatoms. The van der Waals surface area contributed by atoms with Gasteiger partial charge in [-0.1, -0.05) is 6.07 Å². The van der Waals surface area contributed by atoms with E-state index >= 15 is 0 Å². The molecule has 98 valence electrons. The molecule has 0 spiro atoms. The highest BCUT2D eigenvalue weighted by Gasteiger charge is 2.07. The summed E-state index contributed by atoms with van der Waals surface area (Å²) in [6.45, 7) is 4.12. The SMILES string of the molecule is CC(C)NC(=O)CCNC(=O)c1cccc(S)c1. The van der Waals surface area contributed by atoms with Crippen LogP contribution in [0.25, 0.3) is 0 Å². The van der Waals surface area contributed by atoms with Gasteiger partial charge in [0, 0.05) is 29.5 Å². The third-order valence-corrected chi connectivity index (χ3v) is 2.47.